The van der Waals surface area contributed by atoms with E-state index in [4.69, 9.17) is 10.00 Å². The molecule has 0 atom stereocenters. The summed E-state index contributed by atoms with van der Waals surface area (Å²) < 4.78 is 5.52. The molecule has 3 heterocycles. The van der Waals surface area contributed by atoms with Crippen molar-refractivity contribution in [2.45, 2.75) is 46.1 Å². The molecule has 2 aliphatic heterocycles. The molecule has 0 aliphatic carbocycles. The van der Waals surface area contributed by atoms with Crippen molar-refractivity contribution in [1.82, 2.24) is 9.88 Å². The number of nitriles is 1. The van der Waals surface area contributed by atoms with Crippen molar-refractivity contribution >= 4 is 29.1 Å². The number of aromatic amines is 1. The summed E-state index contributed by atoms with van der Waals surface area (Å²) in [6.07, 6.45) is 3.47. The van der Waals surface area contributed by atoms with E-state index in [-0.39, 0.29) is 12.0 Å². The van der Waals surface area contributed by atoms with E-state index in [0.29, 0.717) is 43.4 Å². The van der Waals surface area contributed by atoms with Gasteiger partial charge in [-0.15, -0.1) is 0 Å². The Balaban J connectivity index is 1.51. The molecule has 0 unspecified atom stereocenters. The highest BCUT2D eigenvalue weighted by atomic mass is 16.6. The molecule has 0 radical (unpaired) electrons. The molecule has 4 rings (SSSR count). The molecule has 1 aromatic carbocycles. The highest BCUT2D eigenvalue weighted by Gasteiger charge is 2.27. The Morgan fingerprint density at radius 2 is 1.75 bits per heavy atom. The minimum atomic E-state index is -0.508. The topological polar surface area (TPSA) is 105 Å². The minimum absolute atomic E-state index is 0.271. The van der Waals surface area contributed by atoms with Gasteiger partial charge in [0.25, 0.3) is 5.91 Å². The van der Waals surface area contributed by atoms with Crippen LogP contribution in [0.15, 0.2) is 30.5 Å². The van der Waals surface area contributed by atoms with Gasteiger partial charge in [-0.05, 0) is 63.8 Å². The predicted molar refractivity (Wildman–Crippen MR) is 141 cm³/mol. The molecule has 1 aromatic heterocycles. The first-order valence-corrected chi connectivity index (χ1v) is 12.6. The fourth-order valence-corrected chi connectivity index (χ4v) is 4.59. The first-order valence-electron chi connectivity index (χ1n) is 12.6. The van der Waals surface area contributed by atoms with E-state index in [9.17, 15) is 9.59 Å². The van der Waals surface area contributed by atoms with Crippen molar-refractivity contribution in [2.24, 2.45) is 5.92 Å². The second-order valence-corrected chi connectivity index (χ2v) is 10.7. The highest BCUT2D eigenvalue weighted by molar-refractivity contribution is 6.05. The van der Waals surface area contributed by atoms with Crippen LogP contribution in [0.3, 0.4) is 0 Å². The van der Waals surface area contributed by atoms with Crippen molar-refractivity contribution in [3.8, 4) is 6.07 Å². The van der Waals surface area contributed by atoms with E-state index in [2.05, 4.69) is 33.1 Å². The van der Waals surface area contributed by atoms with Gasteiger partial charge in [-0.25, -0.2) is 4.79 Å². The Kier molecular flexibility index (Phi) is 7.43. The number of rotatable bonds is 4. The number of nitrogens with zero attached hydrogens (tertiary/aromatic N) is 4. The van der Waals surface area contributed by atoms with Gasteiger partial charge in [0, 0.05) is 51.2 Å². The molecule has 0 spiro atoms. The van der Waals surface area contributed by atoms with E-state index < -0.39 is 5.60 Å². The van der Waals surface area contributed by atoms with Gasteiger partial charge in [0.2, 0.25) is 0 Å². The van der Waals surface area contributed by atoms with Crippen LogP contribution in [0, 0.1) is 17.2 Å². The van der Waals surface area contributed by atoms with Gasteiger partial charge in [0.15, 0.2) is 0 Å². The van der Waals surface area contributed by atoms with Crippen molar-refractivity contribution in [2.75, 3.05) is 54.4 Å². The Morgan fingerprint density at radius 1 is 1.06 bits per heavy atom. The van der Waals surface area contributed by atoms with Crippen LogP contribution < -0.4 is 15.1 Å². The highest BCUT2D eigenvalue weighted by Crippen LogP contribution is 2.34. The number of anilines is 3. The summed E-state index contributed by atoms with van der Waals surface area (Å²) in [5, 5.41) is 12.1. The van der Waals surface area contributed by atoms with E-state index in [0.717, 1.165) is 43.0 Å². The maximum absolute atomic E-state index is 12.9. The Morgan fingerprint density at radius 3 is 2.36 bits per heavy atom. The minimum Gasteiger partial charge on any atom is -0.444 e. The molecule has 0 bridgehead atoms. The first-order chi connectivity index (χ1) is 17.1. The summed E-state index contributed by atoms with van der Waals surface area (Å²) in [6, 6.07) is 9.71. The van der Waals surface area contributed by atoms with E-state index in [1.54, 1.807) is 11.0 Å². The van der Waals surface area contributed by atoms with E-state index >= 15 is 0 Å². The molecule has 2 fully saturated rings. The number of nitrogens with one attached hydrogen (secondary N) is 2. The van der Waals surface area contributed by atoms with Crippen molar-refractivity contribution < 1.29 is 14.3 Å². The van der Waals surface area contributed by atoms with Gasteiger partial charge < -0.3 is 29.7 Å². The van der Waals surface area contributed by atoms with E-state index in [1.165, 1.54) is 6.20 Å². The average molecular weight is 493 g/mol. The number of benzene rings is 1. The fraction of sp³-hybridized carbons (Fsp3) is 0.519. The number of ether oxygens (including phenoxy) is 1. The number of hydrogen-bond acceptors (Lipinski definition) is 6. The fourth-order valence-electron chi connectivity index (χ4n) is 4.59. The largest absolute Gasteiger partial charge is 0.444 e. The molecule has 9 heteroatoms. The quantitative estimate of drug-likeness (QED) is 0.654. The summed E-state index contributed by atoms with van der Waals surface area (Å²) >= 11 is 0. The van der Waals surface area contributed by atoms with Crippen LogP contribution in [-0.2, 0) is 4.74 Å². The third kappa shape index (κ3) is 6.11. The Bertz CT molecular complexity index is 1130. The monoisotopic (exact) mass is 492 g/mol. The second-order valence-electron chi connectivity index (χ2n) is 10.7. The van der Waals surface area contributed by atoms with Crippen molar-refractivity contribution in [3.05, 3.63) is 41.7 Å². The molecule has 2 aliphatic rings. The lowest BCUT2D eigenvalue weighted by molar-refractivity contribution is 0.0240. The SMILES string of the molecule is CC1CCN(c2cc(N3CCN(C(=O)OC(C)(C)C)CC3)ccc2NC(=O)c2cc(C#N)c[nH]2)CC1. The van der Waals surface area contributed by atoms with Gasteiger partial charge in [-0.3, -0.25) is 4.79 Å². The normalized spacial score (nSPS) is 17.0. The number of piperidine rings is 1. The van der Waals surface area contributed by atoms with Crippen LogP contribution >= 0.6 is 0 Å². The lowest BCUT2D eigenvalue weighted by Gasteiger charge is -2.38. The Hall–Kier alpha value is -3.67. The zero-order chi connectivity index (χ0) is 25.9. The maximum atomic E-state index is 12.9. The van der Waals surface area contributed by atoms with Gasteiger partial charge in [0.05, 0.1) is 16.9 Å². The number of aromatic nitrogens is 1. The lowest BCUT2D eigenvalue weighted by Crippen LogP contribution is -2.50. The molecule has 2 amide bonds. The third-order valence-corrected chi connectivity index (χ3v) is 6.71. The Labute approximate surface area is 213 Å². The van der Waals surface area contributed by atoms with Crippen molar-refractivity contribution in [1.29, 1.82) is 5.26 Å². The van der Waals surface area contributed by atoms with Crippen LogP contribution in [0.2, 0.25) is 0 Å². The molecule has 2 aromatic rings. The molecule has 0 saturated carbocycles. The predicted octanol–water partition coefficient (Wildman–Crippen LogP) is 4.43. The number of carbonyl (C=O) groups is 2. The second kappa shape index (κ2) is 10.5. The van der Waals surface area contributed by atoms with E-state index in [1.807, 2.05) is 39.0 Å². The molecule has 2 saturated heterocycles. The van der Waals surface area contributed by atoms with Crippen molar-refractivity contribution in [3.63, 3.8) is 0 Å². The van der Waals surface area contributed by atoms with Gasteiger partial charge in [0.1, 0.15) is 17.4 Å². The molecular weight excluding hydrogens is 456 g/mol. The number of amides is 2. The first kappa shape index (κ1) is 25.4. The number of H-pyrrole nitrogens is 1. The van der Waals surface area contributed by atoms with Crippen LogP contribution in [0.25, 0.3) is 0 Å². The standard InChI is InChI=1S/C27H36N6O3/c1-19-7-9-32(10-8-19)24-16-21(31-11-13-33(14-12-31)26(35)36-27(2,3)4)5-6-22(24)30-25(34)23-15-20(17-28)18-29-23/h5-6,15-16,18-19,29H,7-14H2,1-4H3,(H,30,34). The van der Waals surface area contributed by atoms with Gasteiger partial charge >= 0.3 is 6.09 Å². The summed E-state index contributed by atoms with van der Waals surface area (Å²) in [6.45, 7) is 12.4. The van der Waals surface area contributed by atoms with Gasteiger partial charge in [-0.1, -0.05) is 6.92 Å². The maximum Gasteiger partial charge on any atom is 0.410 e. The van der Waals surface area contributed by atoms with Crippen LogP contribution in [0.4, 0.5) is 21.9 Å². The molecule has 192 valence electrons. The van der Waals surface area contributed by atoms with Crippen LogP contribution in [-0.4, -0.2) is 66.8 Å². The summed E-state index contributed by atoms with van der Waals surface area (Å²) in [4.78, 5) is 34.6. The molecular formula is C27H36N6O3. The summed E-state index contributed by atoms with van der Waals surface area (Å²) in [5.41, 5.74) is 3.08. The summed E-state index contributed by atoms with van der Waals surface area (Å²) in [7, 11) is 0. The number of piperazine rings is 1. The number of carbonyl (C=O) groups excluding carboxylic acids is 2. The molecule has 9 nitrogen and oxygen atoms in total. The molecule has 36 heavy (non-hydrogen) atoms. The molecule has 2 N–H and O–H groups in total. The zero-order valence-electron chi connectivity index (χ0n) is 21.6. The zero-order valence-corrected chi connectivity index (χ0v) is 21.6. The lowest BCUT2D eigenvalue weighted by atomic mass is 9.98. The van der Waals surface area contributed by atoms with Crippen LogP contribution in [0.5, 0.6) is 0 Å². The third-order valence-electron chi connectivity index (χ3n) is 6.71. The average Bonchev–Trinajstić information content (AvgIpc) is 3.34. The van der Waals surface area contributed by atoms with Crippen LogP contribution in [0.1, 0.15) is 56.6 Å². The summed E-state index contributed by atoms with van der Waals surface area (Å²) in [5.74, 6) is 0.411. The smallest absolute Gasteiger partial charge is 0.410 e. The van der Waals surface area contributed by atoms with Gasteiger partial charge in [-0.2, -0.15) is 5.26 Å². The number of hydrogen-bond donors (Lipinski definition) is 2.